The van der Waals surface area contributed by atoms with Gasteiger partial charge in [0.15, 0.2) is 23.0 Å². The summed E-state index contributed by atoms with van der Waals surface area (Å²) in [4.78, 5) is 12.3. The van der Waals surface area contributed by atoms with E-state index in [4.69, 9.17) is 30.5 Å². The summed E-state index contributed by atoms with van der Waals surface area (Å²) >= 11 is 6.16. The van der Waals surface area contributed by atoms with Crippen molar-refractivity contribution in [3.05, 3.63) is 46.5 Å². The van der Waals surface area contributed by atoms with Gasteiger partial charge in [0.25, 0.3) is 5.91 Å². The molecule has 0 atom stereocenters. The number of methoxy groups -OCH3 is 3. The van der Waals surface area contributed by atoms with Crippen molar-refractivity contribution in [2.45, 2.75) is 20.0 Å². The number of hydrogen-bond donors (Lipinski definition) is 1. The SMILES string of the molecule is COc1cc(C(=O)N/N=C\c2cc(Cl)c(OC)c(OC)c2)ccc1OC(C)C. The highest BCUT2D eigenvalue weighted by Crippen LogP contribution is 2.35. The zero-order valence-electron chi connectivity index (χ0n) is 16.4. The molecular formula is C20H23ClN2O5. The largest absolute Gasteiger partial charge is 0.493 e. The fraction of sp³-hybridized carbons (Fsp3) is 0.300. The van der Waals surface area contributed by atoms with Gasteiger partial charge in [-0.1, -0.05) is 11.6 Å². The molecule has 2 rings (SSSR count). The number of carbonyl (C=O) groups is 1. The van der Waals surface area contributed by atoms with Gasteiger partial charge in [0.2, 0.25) is 0 Å². The van der Waals surface area contributed by atoms with Crippen molar-refractivity contribution in [1.29, 1.82) is 0 Å². The molecule has 0 heterocycles. The van der Waals surface area contributed by atoms with E-state index in [1.807, 2.05) is 13.8 Å². The van der Waals surface area contributed by atoms with Crippen LogP contribution in [0.1, 0.15) is 29.8 Å². The van der Waals surface area contributed by atoms with Gasteiger partial charge in [0, 0.05) is 5.56 Å². The lowest BCUT2D eigenvalue weighted by Gasteiger charge is -2.14. The Morgan fingerprint density at radius 3 is 2.36 bits per heavy atom. The third-order valence-electron chi connectivity index (χ3n) is 3.62. The average Bonchev–Trinajstić information content (AvgIpc) is 2.67. The molecule has 7 nitrogen and oxygen atoms in total. The zero-order valence-corrected chi connectivity index (χ0v) is 17.2. The van der Waals surface area contributed by atoms with E-state index in [0.717, 1.165) is 0 Å². The number of halogens is 1. The van der Waals surface area contributed by atoms with Gasteiger partial charge in [-0.3, -0.25) is 4.79 Å². The first kappa shape index (κ1) is 21.4. The van der Waals surface area contributed by atoms with Gasteiger partial charge in [0.05, 0.1) is 38.7 Å². The van der Waals surface area contributed by atoms with E-state index < -0.39 is 5.91 Å². The monoisotopic (exact) mass is 406 g/mol. The van der Waals surface area contributed by atoms with Crippen molar-refractivity contribution in [2.24, 2.45) is 5.10 Å². The van der Waals surface area contributed by atoms with Crippen LogP contribution < -0.4 is 24.4 Å². The fourth-order valence-corrected chi connectivity index (χ4v) is 2.70. The maximum Gasteiger partial charge on any atom is 0.271 e. The molecule has 0 saturated heterocycles. The highest BCUT2D eigenvalue weighted by Gasteiger charge is 2.12. The Morgan fingerprint density at radius 1 is 1.04 bits per heavy atom. The summed E-state index contributed by atoms with van der Waals surface area (Å²) < 4.78 is 21.3. The number of benzene rings is 2. The van der Waals surface area contributed by atoms with Crippen molar-refractivity contribution in [2.75, 3.05) is 21.3 Å². The van der Waals surface area contributed by atoms with Gasteiger partial charge in [-0.15, -0.1) is 0 Å². The lowest BCUT2D eigenvalue weighted by molar-refractivity contribution is 0.0954. The second-order valence-corrected chi connectivity index (χ2v) is 6.38. The molecule has 0 unspecified atom stereocenters. The molecule has 0 aliphatic heterocycles. The molecule has 0 aliphatic carbocycles. The van der Waals surface area contributed by atoms with Crippen LogP contribution in [0.4, 0.5) is 0 Å². The van der Waals surface area contributed by atoms with Crippen LogP contribution in [0.3, 0.4) is 0 Å². The second kappa shape index (κ2) is 9.85. The molecule has 2 aromatic rings. The number of amides is 1. The van der Waals surface area contributed by atoms with Crippen LogP contribution in [0.15, 0.2) is 35.4 Å². The maximum atomic E-state index is 12.3. The first-order chi connectivity index (χ1) is 13.4. The number of carbonyl (C=O) groups excluding carboxylic acids is 1. The van der Waals surface area contributed by atoms with E-state index in [2.05, 4.69) is 10.5 Å². The number of ether oxygens (including phenoxy) is 4. The lowest BCUT2D eigenvalue weighted by atomic mass is 10.2. The molecule has 2 aromatic carbocycles. The standard InChI is InChI=1S/C20H23ClN2O5/c1-12(2)28-16-7-6-14(10-17(16)25-3)20(24)23-22-11-13-8-15(21)19(27-5)18(9-13)26-4/h6-12H,1-5H3,(H,23,24)/b22-11-. The minimum absolute atomic E-state index is 0.00788. The van der Waals surface area contributed by atoms with Gasteiger partial charge in [-0.25, -0.2) is 5.43 Å². The molecular weight excluding hydrogens is 384 g/mol. The fourth-order valence-electron chi connectivity index (χ4n) is 2.40. The molecule has 1 amide bonds. The molecule has 0 aliphatic rings. The highest BCUT2D eigenvalue weighted by molar-refractivity contribution is 6.32. The maximum absolute atomic E-state index is 12.3. The summed E-state index contributed by atoms with van der Waals surface area (Å²) in [5, 5.41) is 4.34. The zero-order chi connectivity index (χ0) is 20.7. The quantitative estimate of drug-likeness (QED) is 0.531. The molecule has 0 radical (unpaired) electrons. The topological polar surface area (TPSA) is 78.4 Å². The van der Waals surface area contributed by atoms with Gasteiger partial charge in [-0.2, -0.15) is 5.10 Å². The number of nitrogens with zero attached hydrogens (tertiary/aromatic N) is 1. The van der Waals surface area contributed by atoms with E-state index in [0.29, 0.717) is 39.1 Å². The summed E-state index contributed by atoms with van der Waals surface area (Å²) in [5.74, 6) is 1.54. The highest BCUT2D eigenvalue weighted by atomic mass is 35.5. The minimum atomic E-state index is -0.391. The van der Waals surface area contributed by atoms with Crippen LogP contribution in [0.2, 0.25) is 5.02 Å². The van der Waals surface area contributed by atoms with Gasteiger partial charge in [-0.05, 0) is 49.7 Å². The van der Waals surface area contributed by atoms with Gasteiger partial charge < -0.3 is 18.9 Å². The lowest BCUT2D eigenvalue weighted by Crippen LogP contribution is -2.18. The average molecular weight is 407 g/mol. The first-order valence-electron chi connectivity index (χ1n) is 8.49. The van der Waals surface area contributed by atoms with Crippen molar-refractivity contribution in [3.63, 3.8) is 0 Å². The molecule has 0 aromatic heterocycles. The Hall–Kier alpha value is -2.93. The van der Waals surface area contributed by atoms with Crippen molar-refractivity contribution in [1.82, 2.24) is 5.43 Å². The van der Waals surface area contributed by atoms with Crippen LogP contribution in [0, 0.1) is 0 Å². The van der Waals surface area contributed by atoms with Crippen LogP contribution in [0.25, 0.3) is 0 Å². The Morgan fingerprint density at radius 2 is 1.75 bits per heavy atom. The molecule has 0 saturated carbocycles. The first-order valence-corrected chi connectivity index (χ1v) is 8.87. The van der Waals surface area contributed by atoms with E-state index in [9.17, 15) is 4.79 Å². The summed E-state index contributed by atoms with van der Waals surface area (Å²) in [7, 11) is 4.53. The predicted octanol–water partition coefficient (Wildman–Crippen LogP) is 3.92. The summed E-state index contributed by atoms with van der Waals surface area (Å²) in [6, 6.07) is 8.26. The van der Waals surface area contributed by atoms with E-state index in [-0.39, 0.29) is 6.10 Å². The third kappa shape index (κ3) is 5.29. The molecule has 0 fully saturated rings. The molecule has 150 valence electrons. The second-order valence-electron chi connectivity index (χ2n) is 5.97. The van der Waals surface area contributed by atoms with Crippen LogP contribution in [-0.2, 0) is 0 Å². The van der Waals surface area contributed by atoms with Crippen molar-refractivity contribution >= 4 is 23.7 Å². The normalized spacial score (nSPS) is 10.8. The molecule has 0 bridgehead atoms. The smallest absolute Gasteiger partial charge is 0.271 e. The Kier molecular flexibility index (Phi) is 7.52. The third-order valence-corrected chi connectivity index (χ3v) is 3.90. The van der Waals surface area contributed by atoms with Crippen LogP contribution in [0.5, 0.6) is 23.0 Å². The molecule has 1 N–H and O–H groups in total. The van der Waals surface area contributed by atoms with Crippen LogP contribution >= 0.6 is 11.6 Å². The Balaban J connectivity index is 2.12. The Labute approximate surface area is 169 Å². The predicted molar refractivity (Wildman–Crippen MR) is 108 cm³/mol. The van der Waals surface area contributed by atoms with E-state index in [1.54, 1.807) is 30.3 Å². The number of nitrogens with one attached hydrogen (secondary N) is 1. The number of rotatable bonds is 8. The summed E-state index contributed by atoms with van der Waals surface area (Å²) in [6.07, 6.45) is 1.45. The van der Waals surface area contributed by atoms with E-state index >= 15 is 0 Å². The van der Waals surface area contributed by atoms with Gasteiger partial charge in [0.1, 0.15) is 0 Å². The molecule has 0 spiro atoms. The summed E-state index contributed by atoms with van der Waals surface area (Å²) in [5.41, 5.74) is 3.49. The van der Waals surface area contributed by atoms with Gasteiger partial charge >= 0.3 is 0 Å². The van der Waals surface area contributed by atoms with Crippen LogP contribution in [-0.4, -0.2) is 39.6 Å². The molecule has 8 heteroatoms. The number of hydrogen-bond acceptors (Lipinski definition) is 6. The Bertz CT molecular complexity index is 868. The van der Waals surface area contributed by atoms with Crippen molar-refractivity contribution in [3.8, 4) is 23.0 Å². The number of hydrazone groups is 1. The molecule has 28 heavy (non-hydrogen) atoms. The van der Waals surface area contributed by atoms with E-state index in [1.165, 1.54) is 27.5 Å². The minimum Gasteiger partial charge on any atom is -0.493 e. The summed E-state index contributed by atoms with van der Waals surface area (Å²) in [6.45, 7) is 3.82. The van der Waals surface area contributed by atoms with Crippen molar-refractivity contribution < 1.29 is 23.7 Å².